The van der Waals surface area contributed by atoms with E-state index in [4.69, 9.17) is 21.1 Å². The van der Waals surface area contributed by atoms with Gasteiger partial charge >= 0.3 is 5.97 Å². The number of carbonyl (C=O) groups is 1. The smallest absolute Gasteiger partial charge is 0.346 e. The second-order valence-corrected chi connectivity index (χ2v) is 7.87. The molecule has 0 atom stereocenters. The third-order valence-electron chi connectivity index (χ3n) is 4.90. The zero-order valence-electron chi connectivity index (χ0n) is 16.0. The molecule has 2 N–H and O–H groups in total. The highest BCUT2D eigenvalue weighted by atomic mass is 79.9. The Hall–Kier alpha value is -1.60. The van der Waals surface area contributed by atoms with E-state index in [9.17, 15) is 4.79 Å². The molecule has 0 spiro atoms. The average Bonchev–Trinajstić information content (AvgIpc) is 3.18. The highest BCUT2D eigenvalue weighted by Crippen LogP contribution is 2.33. The van der Waals surface area contributed by atoms with E-state index in [1.807, 2.05) is 36.4 Å². The van der Waals surface area contributed by atoms with Crippen molar-refractivity contribution in [3.05, 3.63) is 62.6 Å². The van der Waals surface area contributed by atoms with Crippen LogP contribution in [0.5, 0.6) is 5.75 Å². The summed E-state index contributed by atoms with van der Waals surface area (Å²) in [6.07, 6.45) is 1.38. The van der Waals surface area contributed by atoms with E-state index >= 15 is 0 Å². The molecule has 0 bridgehead atoms. The van der Waals surface area contributed by atoms with Crippen molar-refractivity contribution in [3.63, 3.8) is 0 Å². The Labute approximate surface area is 178 Å². The van der Waals surface area contributed by atoms with Gasteiger partial charge in [0.05, 0.1) is 13.7 Å². The summed E-state index contributed by atoms with van der Waals surface area (Å²) in [5.41, 5.74) is 1.73. The van der Waals surface area contributed by atoms with E-state index in [1.165, 1.54) is 0 Å². The molecule has 3 rings (SSSR count). The Balaban J connectivity index is 1.97. The summed E-state index contributed by atoms with van der Waals surface area (Å²) in [4.78, 5) is 12.8. The number of hydrogen-bond acceptors (Lipinski definition) is 5. The molecule has 1 fully saturated rings. The molecule has 1 heterocycles. The van der Waals surface area contributed by atoms with E-state index in [-0.39, 0.29) is 5.97 Å². The fourth-order valence-corrected chi connectivity index (χ4v) is 4.29. The van der Waals surface area contributed by atoms with Gasteiger partial charge in [-0.05, 0) is 55.2 Å². The van der Waals surface area contributed by atoms with E-state index < -0.39 is 5.66 Å². The summed E-state index contributed by atoms with van der Waals surface area (Å²) in [6.45, 7) is 3.46. The summed E-state index contributed by atoms with van der Waals surface area (Å²) in [6, 6.07) is 11.6. The van der Waals surface area contributed by atoms with Crippen LogP contribution in [0.15, 0.2) is 40.9 Å². The van der Waals surface area contributed by atoms with Crippen LogP contribution in [0.25, 0.3) is 0 Å². The third kappa shape index (κ3) is 4.20. The monoisotopic (exact) mass is 466 g/mol. The summed E-state index contributed by atoms with van der Waals surface area (Å²) < 4.78 is 11.8. The van der Waals surface area contributed by atoms with Crippen molar-refractivity contribution in [2.75, 3.05) is 26.8 Å². The molecule has 0 saturated carbocycles. The minimum absolute atomic E-state index is 0.315. The van der Waals surface area contributed by atoms with Gasteiger partial charge in [0.2, 0.25) is 0 Å². The first-order valence-electron chi connectivity index (χ1n) is 9.29. The Morgan fingerprint density at radius 3 is 2.64 bits per heavy atom. The summed E-state index contributed by atoms with van der Waals surface area (Å²) in [5.74, 6) is 0.491. The van der Waals surface area contributed by atoms with Crippen molar-refractivity contribution < 1.29 is 14.3 Å². The average molecular weight is 468 g/mol. The molecule has 0 aromatic heterocycles. The Morgan fingerprint density at radius 2 is 1.96 bits per heavy atom. The van der Waals surface area contributed by atoms with Crippen molar-refractivity contribution >= 4 is 33.5 Å². The zero-order valence-corrected chi connectivity index (χ0v) is 18.3. The normalized spacial score (nSPS) is 15.4. The fourth-order valence-electron chi connectivity index (χ4n) is 3.61. The molecular weight excluding hydrogens is 444 g/mol. The first-order valence-corrected chi connectivity index (χ1v) is 10.5. The van der Waals surface area contributed by atoms with Crippen LogP contribution in [0.1, 0.15) is 23.6 Å². The molecule has 0 amide bonds. The topological polar surface area (TPSA) is 59.6 Å². The molecule has 0 radical (unpaired) electrons. The van der Waals surface area contributed by atoms with Crippen molar-refractivity contribution in [1.82, 2.24) is 10.6 Å². The van der Waals surface area contributed by atoms with Gasteiger partial charge in [0.15, 0.2) is 5.66 Å². The van der Waals surface area contributed by atoms with Gasteiger partial charge in [-0.2, -0.15) is 0 Å². The molecule has 150 valence electrons. The van der Waals surface area contributed by atoms with Gasteiger partial charge in [-0.1, -0.05) is 39.7 Å². The van der Waals surface area contributed by atoms with Gasteiger partial charge in [-0.15, -0.1) is 0 Å². The SMILES string of the molecule is CCOC(=O)C1(c2cccc(Cl)c2CCc2cc(Br)ccc2OC)NCCN1. The first kappa shape index (κ1) is 21.1. The lowest BCUT2D eigenvalue weighted by Crippen LogP contribution is -2.54. The maximum absolute atomic E-state index is 12.8. The van der Waals surface area contributed by atoms with Crippen LogP contribution in [-0.4, -0.2) is 32.8 Å². The van der Waals surface area contributed by atoms with E-state index in [0.717, 1.165) is 33.3 Å². The number of methoxy groups -OCH3 is 1. The van der Waals surface area contributed by atoms with E-state index in [0.29, 0.717) is 31.1 Å². The highest BCUT2D eigenvalue weighted by Gasteiger charge is 2.45. The van der Waals surface area contributed by atoms with Gasteiger partial charge in [0.1, 0.15) is 5.75 Å². The molecule has 0 aliphatic carbocycles. The van der Waals surface area contributed by atoms with E-state index in [2.05, 4.69) is 26.6 Å². The minimum Gasteiger partial charge on any atom is -0.496 e. The molecule has 2 aromatic carbocycles. The molecular formula is C21H24BrClN2O3. The van der Waals surface area contributed by atoms with Gasteiger partial charge in [0.25, 0.3) is 0 Å². The number of halogens is 2. The molecule has 0 unspecified atom stereocenters. The van der Waals surface area contributed by atoms with Crippen LogP contribution < -0.4 is 15.4 Å². The molecule has 7 heteroatoms. The molecule has 28 heavy (non-hydrogen) atoms. The maximum atomic E-state index is 12.8. The second-order valence-electron chi connectivity index (χ2n) is 6.55. The minimum atomic E-state index is -1.07. The highest BCUT2D eigenvalue weighted by molar-refractivity contribution is 9.10. The second kappa shape index (κ2) is 9.27. The Bertz CT molecular complexity index is 854. The third-order valence-corrected chi connectivity index (χ3v) is 5.74. The number of benzene rings is 2. The zero-order chi connectivity index (χ0) is 20.1. The summed E-state index contributed by atoms with van der Waals surface area (Å²) >= 11 is 10.1. The van der Waals surface area contributed by atoms with Crippen LogP contribution in [0.2, 0.25) is 5.02 Å². The van der Waals surface area contributed by atoms with Crippen LogP contribution in [0.4, 0.5) is 0 Å². The number of ether oxygens (including phenoxy) is 2. The first-order chi connectivity index (χ1) is 13.5. The van der Waals surface area contributed by atoms with Gasteiger partial charge in [0, 0.05) is 28.1 Å². The lowest BCUT2D eigenvalue weighted by Gasteiger charge is -2.30. The molecule has 5 nitrogen and oxygen atoms in total. The summed E-state index contributed by atoms with van der Waals surface area (Å²) in [5, 5.41) is 7.21. The number of carbonyl (C=O) groups excluding carboxylic acids is 1. The Kier molecular flexibility index (Phi) is 6.99. The predicted molar refractivity (Wildman–Crippen MR) is 114 cm³/mol. The van der Waals surface area contributed by atoms with Crippen LogP contribution >= 0.6 is 27.5 Å². The molecule has 1 saturated heterocycles. The standard InChI is InChI=1S/C21H24BrClN2O3/c1-3-28-20(26)21(24-11-12-25-21)17-5-4-6-18(23)16(17)9-7-14-13-15(22)8-10-19(14)27-2/h4-6,8,10,13,24-25H,3,7,9,11-12H2,1-2H3. The van der Waals surface area contributed by atoms with Gasteiger partial charge in [-0.25, -0.2) is 4.79 Å². The molecule has 1 aliphatic heterocycles. The number of rotatable bonds is 7. The predicted octanol–water partition coefficient (Wildman–Crippen LogP) is 3.81. The lowest BCUT2D eigenvalue weighted by molar-refractivity contribution is -0.152. The number of hydrogen-bond donors (Lipinski definition) is 2. The molecule has 1 aliphatic rings. The Morgan fingerprint density at radius 1 is 1.21 bits per heavy atom. The van der Waals surface area contributed by atoms with Crippen molar-refractivity contribution in [2.24, 2.45) is 0 Å². The van der Waals surface area contributed by atoms with Gasteiger partial charge in [-0.3, -0.25) is 10.6 Å². The van der Waals surface area contributed by atoms with E-state index in [1.54, 1.807) is 14.0 Å². The van der Waals surface area contributed by atoms with Crippen LogP contribution in [0, 0.1) is 0 Å². The number of nitrogens with one attached hydrogen (secondary N) is 2. The number of aryl methyl sites for hydroxylation is 1. The maximum Gasteiger partial charge on any atom is 0.346 e. The largest absolute Gasteiger partial charge is 0.496 e. The van der Waals surface area contributed by atoms with Crippen molar-refractivity contribution in [3.8, 4) is 5.75 Å². The number of esters is 1. The quantitative estimate of drug-likeness (QED) is 0.607. The van der Waals surface area contributed by atoms with Crippen LogP contribution in [0.3, 0.4) is 0 Å². The van der Waals surface area contributed by atoms with Crippen LogP contribution in [-0.2, 0) is 28.0 Å². The summed E-state index contributed by atoms with van der Waals surface area (Å²) in [7, 11) is 1.66. The fraction of sp³-hybridized carbons (Fsp3) is 0.381. The lowest BCUT2D eigenvalue weighted by atomic mass is 9.91. The molecule has 2 aromatic rings. The van der Waals surface area contributed by atoms with Crippen molar-refractivity contribution in [2.45, 2.75) is 25.4 Å². The van der Waals surface area contributed by atoms with Gasteiger partial charge < -0.3 is 9.47 Å². The van der Waals surface area contributed by atoms with Crippen molar-refractivity contribution in [1.29, 1.82) is 0 Å².